The smallest absolute Gasteiger partial charge is 0.234 e. The minimum atomic E-state index is -0.104. The van der Waals surface area contributed by atoms with Gasteiger partial charge in [-0.3, -0.25) is 9.36 Å². The van der Waals surface area contributed by atoms with E-state index >= 15 is 0 Å². The van der Waals surface area contributed by atoms with Gasteiger partial charge in [-0.15, -0.1) is 10.2 Å². The second kappa shape index (κ2) is 10.8. The Bertz CT molecular complexity index is 1290. The first-order valence-electron chi connectivity index (χ1n) is 10.9. The number of aromatic nitrogens is 3. The molecule has 0 fully saturated rings. The summed E-state index contributed by atoms with van der Waals surface area (Å²) in [6.45, 7) is 6.52. The van der Waals surface area contributed by atoms with E-state index in [-0.39, 0.29) is 11.7 Å². The van der Waals surface area contributed by atoms with Gasteiger partial charge in [-0.2, -0.15) is 0 Å². The molecule has 0 saturated heterocycles. The summed E-state index contributed by atoms with van der Waals surface area (Å²) < 4.78 is 7.52. The Morgan fingerprint density at radius 1 is 1.03 bits per heavy atom. The van der Waals surface area contributed by atoms with Crippen LogP contribution < -0.4 is 10.1 Å². The summed E-state index contributed by atoms with van der Waals surface area (Å²) in [5, 5.41) is 13.1. The van der Waals surface area contributed by atoms with E-state index in [1.54, 1.807) is 0 Å². The maximum absolute atomic E-state index is 12.7. The van der Waals surface area contributed by atoms with Gasteiger partial charge in [0, 0.05) is 22.0 Å². The molecule has 0 aliphatic heterocycles. The van der Waals surface area contributed by atoms with E-state index in [1.807, 2.05) is 92.1 Å². The van der Waals surface area contributed by atoms with Crippen molar-refractivity contribution < 1.29 is 9.53 Å². The van der Waals surface area contributed by atoms with E-state index in [0.717, 1.165) is 33.8 Å². The standard InChI is InChI=1S/C26H25ClN4O2S/c1-4-33-22-13-11-21(12-14-22)31-25(19-7-9-20(27)10-8-19)29-30-26(31)34-16-24(32)28-23-15-17(2)5-6-18(23)3/h5-15H,4,16H2,1-3H3,(H,28,32). The Hall–Kier alpha value is -3.29. The maximum Gasteiger partial charge on any atom is 0.234 e. The monoisotopic (exact) mass is 492 g/mol. The zero-order chi connectivity index (χ0) is 24.1. The van der Waals surface area contributed by atoms with Crippen molar-refractivity contribution in [3.05, 3.63) is 82.9 Å². The van der Waals surface area contributed by atoms with E-state index < -0.39 is 0 Å². The van der Waals surface area contributed by atoms with Gasteiger partial charge in [0.1, 0.15) is 5.75 Å². The molecule has 0 unspecified atom stereocenters. The average Bonchev–Trinajstić information content (AvgIpc) is 3.25. The van der Waals surface area contributed by atoms with E-state index in [4.69, 9.17) is 16.3 Å². The zero-order valence-electron chi connectivity index (χ0n) is 19.2. The van der Waals surface area contributed by atoms with Crippen LogP contribution in [0.4, 0.5) is 5.69 Å². The topological polar surface area (TPSA) is 69.0 Å². The summed E-state index contributed by atoms with van der Waals surface area (Å²) in [4.78, 5) is 12.7. The molecule has 0 aliphatic rings. The number of benzene rings is 3. The number of anilines is 1. The molecule has 4 rings (SSSR count). The highest BCUT2D eigenvalue weighted by Gasteiger charge is 2.18. The van der Waals surface area contributed by atoms with E-state index in [2.05, 4.69) is 15.5 Å². The molecule has 174 valence electrons. The lowest BCUT2D eigenvalue weighted by Gasteiger charge is -2.12. The molecule has 0 bridgehead atoms. The molecule has 6 nitrogen and oxygen atoms in total. The summed E-state index contributed by atoms with van der Waals surface area (Å²) in [5.41, 5.74) is 4.68. The van der Waals surface area contributed by atoms with Crippen LogP contribution in [0.25, 0.3) is 17.1 Å². The molecule has 1 N–H and O–H groups in total. The first-order valence-corrected chi connectivity index (χ1v) is 12.3. The predicted molar refractivity (Wildman–Crippen MR) is 138 cm³/mol. The minimum absolute atomic E-state index is 0.104. The van der Waals surface area contributed by atoms with Gasteiger partial charge >= 0.3 is 0 Å². The number of ether oxygens (including phenoxy) is 1. The second-order valence-corrected chi connectivity index (χ2v) is 9.11. The molecule has 8 heteroatoms. The van der Waals surface area contributed by atoms with Crippen molar-refractivity contribution in [2.24, 2.45) is 0 Å². The van der Waals surface area contributed by atoms with Crippen molar-refractivity contribution >= 4 is 35.0 Å². The SMILES string of the molecule is CCOc1ccc(-n2c(SCC(=O)Nc3cc(C)ccc3C)nnc2-c2ccc(Cl)cc2)cc1. The van der Waals surface area contributed by atoms with Crippen LogP contribution in [0, 0.1) is 13.8 Å². The van der Waals surface area contributed by atoms with Gasteiger partial charge in [0.15, 0.2) is 11.0 Å². The molecule has 34 heavy (non-hydrogen) atoms. The van der Waals surface area contributed by atoms with E-state index in [0.29, 0.717) is 22.6 Å². The molecule has 0 radical (unpaired) electrons. The lowest BCUT2D eigenvalue weighted by molar-refractivity contribution is -0.113. The Kier molecular flexibility index (Phi) is 7.55. The van der Waals surface area contributed by atoms with Crippen molar-refractivity contribution in [2.45, 2.75) is 25.9 Å². The number of hydrogen-bond acceptors (Lipinski definition) is 5. The summed E-state index contributed by atoms with van der Waals surface area (Å²) in [6.07, 6.45) is 0. The number of nitrogens with zero attached hydrogens (tertiary/aromatic N) is 3. The van der Waals surface area contributed by atoms with Gasteiger partial charge in [0.25, 0.3) is 0 Å². The quantitative estimate of drug-likeness (QED) is 0.291. The van der Waals surface area contributed by atoms with Crippen LogP contribution in [0.2, 0.25) is 5.02 Å². The number of carbonyl (C=O) groups excluding carboxylic acids is 1. The summed E-state index contributed by atoms with van der Waals surface area (Å²) in [7, 11) is 0. The molecule has 4 aromatic rings. The van der Waals surface area contributed by atoms with E-state index in [9.17, 15) is 4.79 Å². The van der Waals surface area contributed by atoms with Crippen LogP contribution in [-0.2, 0) is 4.79 Å². The van der Waals surface area contributed by atoms with Gasteiger partial charge in [0.2, 0.25) is 5.91 Å². The number of hydrogen-bond donors (Lipinski definition) is 1. The highest BCUT2D eigenvalue weighted by atomic mass is 35.5. The molecule has 0 atom stereocenters. The maximum atomic E-state index is 12.7. The van der Waals surface area contributed by atoms with Crippen LogP contribution >= 0.6 is 23.4 Å². The fraction of sp³-hybridized carbons (Fsp3) is 0.192. The van der Waals surface area contributed by atoms with Crippen LogP contribution in [-0.4, -0.2) is 33.0 Å². The third-order valence-corrected chi connectivity index (χ3v) is 6.32. The zero-order valence-corrected chi connectivity index (χ0v) is 20.8. The lowest BCUT2D eigenvalue weighted by atomic mass is 10.1. The van der Waals surface area contributed by atoms with Crippen LogP contribution in [0.5, 0.6) is 5.75 Å². The Labute approximate surface area is 208 Å². The normalized spacial score (nSPS) is 10.8. The number of aryl methyl sites for hydroxylation is 2. The highest BCUT2D eigenvalue weighted by Crippen LogP contribution is 2.30. The third-order valence-electron chi connectivity index (χ3n) is 5.14. The minimum Gasteiger partial charge on any atom is -0.494 e. The fourth-order valence-electron chi connectivity index (χ4n) is 3.43. The molecule has 0 aliphatic carbocycles. The number of halogens is 1. The van der Waals surface area contributed by atoms with Crippen molar-refractivity contribution in [2.75, 3.05) is 17.7 Å². The second-order valence-electron chi connectivity index (χ2n) is 7.73. The molecule has 3 aromatic carbocycles. The molecular weight excluding hydrogens is 468 g/mol. The van der Waals surface area contributed by atoms with Crippen LogP contribution in [0.3, 0.4) is 0 Å². The average molecular weight is 493 g/mol. The van der Waals surface area contributed by atoms with Crippen molar-refractivity contribution in [1.82, 2.24) is 14.8 Å². The molecule has 0 spiro atoms. The Balaban J connectivity index is 1.60. The molecule has 0 saturated carbocycles. The van der Waals surface area contributed by atoms with Crippen molar-refractivity contribution in [3.63, 3.8) is 0 Å². The van der Waals surface area contributed by atoms with E-state index in [1.165, 1.54) is 11.8 Å². The van der Waals surface area contributed by atoms with Gasteiger partial charge in [-0.1, -0.05) is 35.5 Å². The number of carbonyl (C=O) groups is 1. The van der Waals surface area contributed by atoms with Gasteiger partial charge in [0.05, 0.1) is 12.4 Å². The largest absolute Gasteiger partial charge is 0.494 e. The van der Waals surface area contributed by atoms with Crippen LogP contribution in [0.15, 0.2) is 71.9 Å². The van der Waals surface area contributed by atoms with Gasteiger partial charge < -0.3 is 10.1 Å². The first-order chi connectivity index (χ1) is 16.4. The number of amides is 1. The van der Waals surface area contributed by atoms with Gasteiger partial charge in [-0.25, -0.2) is 0 Å². The Morgan fingerprint density at radius 2 is 1.76 bits per heavy atom. The summed E-state index contributed by atoms with van der Waals surface area (Å²) >= 11 is 7.41. The molecule has 1 aromatic heterocycles. The summed E-state index contributed by atoms with van der Waals surface area (Å²) in [6, 6.07) is 21.2. The van der Waals surface area contributed by atoms with Crippen molar-refractivity contribution in [3.8, 4) is 22.8 Å². The molecular formula is C26H25ClN4O2S. The highest BCUT2D eigenvalue weighted by molar-refractivity contribution is 7.99. The third kappa shape index (κ3) is 5.61. The molecule has 1 amide bonds. The fourth-order valence-corrected chi connectivity index (χ4v) is 4.30. The van der Waals surface area contributed by atoms with Crippen LogP contribution in [0.1, 0.15) is 18.1 Å². The Morgan fingerprint density at radius 3 is 2.47 bits per heavy atom. The van der Waals surface area contributed by atoms with Crippen molar-refractivity contribution in [1.29, 1.82) is 0 Å². The predicted octanol–water partition coefficient (Wildman–Crippen LogP) is 6.33. The lowest BCUT2D eigenvalue weighted by Crippen LogP contribution is -2.15. The number of rotatable bonds is 8. The number of nitrogens with one attached hydrogen (secondary N) is 1. The summed E-state index contributed by atoms with van der Waals surface area (Å²) in [5.74, 6) is 1.55. The molecule has 1 heterocycles. The number of thioether (sulfide) groups is 1. The van der Waals surface area contributed by atoms with Gasteiger partial charge in [-0.05, 0) is 86.5 Å². The first kappa shape index (κ1) is 23.9.